The number of rotatable bonds is 7. The summed E-state index contributed by atoms with van der Waals surface area (Å²) < 4.78 is 15.7. The van der Waals surface area contributed by atoms with Crippen LogP contribution in [0.25, 0.3) is 0 Å². The van der Waals surface area contributed by atoms with Gasteiger partial charge in [-0.3, -0.25) is 0 Å². The van der Waals surface area contributed by atoms with E-state index < -0.39 is 6.29 Å². The van der Waals surface area contributed by atoms with E-state index in [2.05, 4.69) is 37.5 Å². The van der Waals surface area contributed by atoms with E-state index >= 15 is 0 Å². The van der Waals surface area contributed by atoms with Gasteiger partial charge >= 0.3 is 6.03 Å². The number of amides is 2. The summed E-state index contributed by atoms with van der Waals surface area (Å²) in [6, 6.07) is 5.69. The summed E-state index contributed by atoms with van der Waals surface area (Å²) in [5, 5.41) is 5.29. The van der Waals surface area contributed by atoms with Crippen LogP contribution < -0.4 is 15.4 Å². The summed E-state index contributed by atoms with van der Waals surface area (Å²) in [7, 11) is 3.03. The van der Waals surface area contributed by atoms with E-state index in [1.807, 2.05) is 19.1 Å². The summed E-state index contributed by atoms with van der Waals surface area (Å²) in [4.78, 5) is 11.7. The Morgan fingerprint density at radius 2 is 1.83 bits per heavy atom. The Balaban J connectivity index is 2.51. The second-order valence-corrected chi connectivity index (χ2v) is 6.33. The van der Waals surface area contributed by atoms with Gasteiger partial charge in [0.15, 0.2) is 13.0 Å². The number of carbonyl (C=O) groups excluding carboxylic acids is 1. The fourth-order valence-corrected chi connectivity index (χ4v) is 2.04. The Morgan fingerprint density at radius 1 is 1.17 bits per heavy atom. The number of ether oxygens (including phenoxy) is 3. The molecule has 0 aromatic heterocycles. The first-order chi connectivity index (χ1) is 10.8. The van der Waals surface area contributed by atoms with Gasteiger partial charge in [-0.1, -0.05) is 38.5 Å². The van der Waals surface area contributed by atoms with Crippen LogP contribution in [-0.2, 0) is 14.9 Å². The fourth-order valence-electron chi connectivity index (χ4n) is 2.04. The zero-order valence-corrected chi connectivity index (χ0v) is 14.9. The average molecular weight is 324 g/mol. The molecule has 1 aromatic rings. The van der Waals surface area contributed by atoms with Crippen molar-refractivity contribution in [3.8, 4) is 5.75 Å². The van der Waals surface area contributed by atoms with E-state index in [0.717, 1.165) is 11.3 Å². The topological polar surface area (TPSA) is 68.8 Å². The van der Waals surface area contributed by atoms with Gasteiger partial charge in [-0.2, -0.15) is 0 Å². The molecule has 6 nitrogen and oxygen atoms in total. The highest BCUT2D eigenvalue weighted by atomic mass is 16.7. The Bertz CT molecular complexity index is 508. The number of urea groups is 1. The van der Waals surface area contributed by atoms with E-state index in [1.54, 1.807) is 0 Å². The number of nitrogens with one attached hydrogen (secondary N) is 2. The van der Waals surface area contributed by atoms with Crippen molar-refractivity contribution in [2.75, 3.05) is 27.5 Å². The number of carbonyl (C=O) groups is 1. The van der Waals surface area contributed by atoms with Crippen molar-refractivity contribution in [3.63, 3.8) is 0 Å². The highest BCUT2D eigenvalue weighted by Crippen LogP contribution is 2.31. The lowest BCUT2D eigenvalue weighted by atomic mass is 9.85. The van der Waals surface area contributed by atoms with Gasteiger partial charge in [0, 0.05) is 14.2 Å². The quantitative estimate of drug-likeness (QED) is 0.756. The summed E-state index contributed by atoms with van der Waals surface area (Å²) in [6.45, 7) is 8.78. The highest BCUT2D eigenvalue weighted by Gasteiger charge is 2.19. The lowest BCUT2D eigenvalue weighted by Crippen LogP contribution is -2.42. The summed E-state index contributed by atoms with van der Waals surface area (Å²) in [5.41, 5.74) is 2.25. The van der Waals surface area contributed by atoms with Crippen LogP contribution in [0.3, 0.4) is 0 Å². The Kier molecular flexibility index (Phi) is 7.32. The van der Waals surface area contributed by atoms with Gasteiger partial charge in [0.1, 0.15) is 5.75 Å². The van der Waals surface area contributed by atoms with E-state index in [1.165, 1.54) is 19.8 Å². The third kappa shape index (κ3) is 6.46. The number of methoxy groups -OCH3 is 2. The van der Waals surface area contributed by atoms with E-state index in [4.69, 9.17) is 14.2 Å². The van der Waals surface area contributed by atoms with Crippen molar-refractivity contribution in [1.29, 1.82) is 0 Å². The van der Waals surface area contributed by atoms with Crippen molar-refractivity contribution in [2.45, 2.75) is 39.4 Å². The molecule has 0 fully saturated rings. The van der Waals surface area contributed by atoms with Crippen molar-refractivity contribution < 1.29 is 19.0 Å². The molecule has 0 atom stereocenters. The van der Waals surface area contributed by atoms with Crippen LogP contribution in [-0.4, -0.2) is 39.8 Å². The molecule has 0 heterocycles. The number of hydrogen-bond acceptors (Lipinski definition) is 4. The largest absolute Gasteiger partial charge is 0.473 e. The molecule has 23 heavy (non-hydrogen) atoms. The molecule has 0 unspecified atom stereocenters. The predicted octanol–water partition coefficient (Wildman–Crippen LogP) is 2.55. The smallest absolute Gasteiger partial charge is 0.317 e. The van der Waals surface area contributed by atoms with Crippen LogP contribution in [0.1, 0.15) is 31.9 Å². The van der Waals surface area contributed by atoms with Crippen molar-refractivity contribution >= 4 is 6.03 Å². The minimum absolute atomic E-state index is 0.0340. The molecule has 0 radical (unpaired) electrons. The molecule has 2 N–H and O–H groups in total. The predicted molar refractivity (Wildman–Crippen MR) is 89.7 cm³/mol. The van der Waals surface area contributed by atoms with Crippen LogP contribution in [0.2, 0.25) is 0 Å². The maximum absolute atomic E-state index is 11.7. The van der Waals surface area contributed by atoms with E-state index in [0.29, 0.717) is 0 Å². The molecule has 130 valence electrons. The minimum atomic E-state index is -0.466. The molecule has 0 saturated carbocycles. The summed E-state index contributed by atoms with van der Waals surface area (Å²) in [6.07, 6.45) is -0.466. The highest BCUT2D eigenvalue weighted by molar-refractivity contribution is 5.73. The fraction of sp³-hybridized carbons (Fsp3) is 0.588. The van der Waals surface area contributed by atoms with Crippen molar-refractivity contribution in [2.24, 2.45) is 0 Å². The molecule has 2 amide bonds. The lowest BCUT2D eigenvalue weighted by molar-refractivity contribution is -0.0972. The molecule has 0 bridgehead atoms. The zero-order valence-electron chi connectivity index (χ0n) is 14.9. The maximum Gasteiger partial charge on any atom is 0.317 e. The standard InChI is InChI=1S/C17H28N2O4/c1-12-7-8-14(13(9-12)17(2,3)4)23-11-19-16(20)18-10-15(21-5)22-6/h7-9,15H,10-11H2,1-6H3,(H2,18,19,20). The molecular weight excluding hydrogens is 296 g/mol. The van der Waals surface area contributed by atoms with Gasteiger partial charge in [-0.25, -0.2) is 4.79 Å². The second kappa shape index (κ2) is 8.74. The van der Waals surface area contributed by atoms with Crippen LogP contribution in [0.5, 0.6) is 5.75 Å². The number of benzene rings is 1. The molecule has 0 aliphatic carbocycles. The Labute approximate surface area is 138 Å². The number of hydrogen-bond donors (Lipinski definition) is 2. The molecule has 6 heteroatoms. The van der Waals surface area contributed by atoms with Gasteiger partial charge in [0.05, 0.1) is 6.54 Å². The summed E-state index contributed by atoms with van der Waals surface area (Å²) in [5.74, 6) is 0.773. The first-order valence-electron chi connectivity index (χ1n) is 7.59. The van der Waals surface area contributed by atoms with Crippen molar-refractivity contribution in [1.82, 2.24) is 10.6 Å². The first kappa shape index (κ1) is 19.3. The van der Waals surface area contributed by atoms with Gasteiger partial charge in [0.2, 0.25) is 0 Å². The van der Waals surface area contributed by atoms with Crippen LogP contribution in [0.4, 0.5) is 4.79 Å². The average Bonchev–Trinajstić information content (AvgIpc) is 2.48. The van der Waals surface area contributed by atoms with Crippen LogP contribution in [0.15, 0.2) is 18.2 Å². The van der Waals surface area contributed by atoms with Crippen LogP contribution in [0, 0.1) is 6.92 Å². The number of aryl methyl sites for hydroxylation is 1. The second-order valence-electron chi connectivity index (χ2n) is 6.33. The molecule has 0 saturated heterocycles. The molecular formula is C17H28N2O4. The van der Waals surface area contributed by atoms with E-state index in [-0.39, 0.29) is 24.7 Å². The summed E-state index contributed by atoms with van der Waals surface area (Å²) >= 11 is 0. The van der Waals surface area contributed by atoms with Gasteiger partial charge in [-0.05, 0) is 24.0 Å². The molecule has 0 aliphatic rings. The monoisotopic (exact) mass is 324 g/mol. The molecule has 0 aliphatic heterocycles. The molecule has 0 spiro atoms. The SMILES string of the molecule is COC(CNC(=O)NCOc1ccc(C)cc1C(C)(C)C)OC. The zero-order chi connectivity index (χ0) is 17.5. The van der Waals surface area contributed by atoms with Gasteiger partial charge < -0.3 is 24.8 Å². The van der Waals surface area contributed by atoms with Gasteiger partial charge in [-0.15, -0.1) is 0 Å². The third-order valence-electron chi connectivity index (χ3n) is 3.36. The van der Waals surface area contributed by atoms with Crippen LogP contribution >= 0.6 is 0 Å². The van der Waals surface area contributed by atoms with E-state index in [9.17, 15) is 4.79 Å². The molecule has 1 rings (SSSR count). The Morgan fingerprint density at radius 3 is 2.39 bits per heavy atom. The lowest BCUT2D eigenvalue weighted by Gasteiger charge is -2.23. The molecule has 1 aromatic carbocycles. The van der Waals surface area contributed by atoms with Crippen molar-refractivity contribution in [3.05, 3.63) is 29.3 Å². The minimum Gasteiger partial charge on any atom is -0.473 e. The first-order valence-corrected chi connectivity index (χ1v) is 7.59. The van der Waals surface area contributed by atoms with Gasteiger partial charge in [0.25, 0.3) is 0 Å². The maximum atomic E-state index is 11.7. The normalized spacial score (nSPS) is 11.4. The Hall–Kier alpha value is -1.79. The third-order valence-corrected chi connectivity index (χ3v) is 3.36.